The molecule has 0 radical (unpaired) electrons. The third-order valence-electron chi connectivity index (χ3n) is 6.34. The molecule has 0 N–H and O–H groups in total. The van der Waals surface area contributed by atoms with Gasteiger partial charge in [-0.25, -0.2) is 0 Å². The van der Waals surface area contributed by atoms with E-state index in [2.05, 4.69) is 46.4 Å². The largest absolute Gasteiger partial charge is 0.0996 e. The molecule has 0 aromatic rings. The van der Waals surface area contributed by atoms with Crippen molar-refractivity contribution in [1.29, 1.82) is 0 Å². The van der Waals surface area contributed by atoms with Crippen LogP contribution in [0.3, 0.4) is 0 Å². The van der Waals surface area contributed by atoms with Gasteiger partial charge in [-0.05, 0) is 67.6 Å². The summed E-state index contributed by atoms with van der Waals surface area (Å²) < 4.78 is 0. The minimum absolute atomic E-state index is 0.511. The lowest BCUT2D eigenvalue weighted by atomic mass is 9.47. The van der Waals surface area contributed by atoms with E-state index in [0.717, 1.165) is 11.8 Å². The summed E-state index contributed by atoms with van der Waals surface area (Å²) in [7, 11) is 0. The SMILES string of the molecule is C=C1CCC2C(C)(C)CCCC2(C)C1CC/C=C/CC. The average molecular weight is 274 g/mol. The van der Waals surface area contributed by atoms with Gasteiger partial charge in [-0.3, -0.25) is 0 Å². The van der Waals surface area contributed by atoms with Crippen LogP contribution >= 0.6 is 0 Å². The Labute approximate surface area is 126 Å². The first kappa shape index (κ1) is 15.9. The quantitative estimate of drug-likeness (QED) is 0.511. The summed E-state index contributed by atoms with van der Waals surface area (Å²) in [5.41, 5.74) is 2.59. The van der Waals surface area contributed by atoms with Crippen molar-refractivity contribution in [2.45, 2.75) is 79.1 Å². The first-order valence-corrected chi connectivity index (χ1v) is 8.74. The van der Waals surface area contributed by atoms with Crippen molar-refractivity contribution in [2.75, 3.05) is 0 Å². The van der Waals surface area contributed by atoms with E-state index < -0.39 is 0 Å². The van der Waals surface area contributed by atoms with Crippen LogP contribution in [0.25, 0.3) is 0 Å². The standard InChI is InChI=1S/C20H34/c1-6-7-8-9-11-17-16(2)12-13-18-19(3,4)14-10-15-20(17,18)5/h7-8,17-18H,2,6,9-15H2,1,3-5H3/b8-7+. The van der Waals surface area contributed by atoms with Crippen LogP contribution in [0.1, 0.15) is 79.1 Å². The molecule has 3 unspecified atom stereocenters. The Morgan fingerprint density at radius 2 is 1.95 bits per heavy atom. The molecule has 0 bridgehead atoms. The molecule has 0 aliphatic heterocycles. The molecular formula is C20H34. The second kappa shape index (κ2) is 6.08. The Balaban J connectivity index is 2.15. The molecule has 0 nitrogen and oxygen atoms in total. The number of hydrogen-bond acceptors (Lipinski definition) is 0. The van der Waals surface area contributed by atoms with Gasteiger partial charge < -0.3 is 0 Å². The molecule has 2 rings (SSSR count). The highest BCUT2D eigenvalue weighted by Gasteiger charge is 2.52. The summed E-state index contributed by atoms with van der Waals surface area (Å²) in [5, 5.41) is 0. The maximum Gasteiger partial charge on any atom is -0.0146 e. The predicted octanol–water partition coefficient (Wildman–Crippen LogP) is 6.53. The molecule has 20 heavy (non-hydrogen) atoms. The van der Waals surface area contributed by atoms with Crippen LogP contribution in [0.5, 0.6) is 0 Å². The van der Waals surface area contributed by atoms with E-state index in [0.29, 0.717) is 10.8 Å². The fourth-order valence-corrected chi connectivity index (χ4v) is 5.36. The third kappa shape index (κ3) is 2.90. The van der Waals surface area contributed by atoms with Crippen LogP contribution < -0.4 is 0 Å². The van der Waals surface area contributed by atoms with Crippen molar-refractivity contribution in [1.82, 2.24) is 0 Å². The van der Waals surface area contributed by atoms with Gasteiger partial charge in [-0.1, -0.05) is 58.4 Å². The van der Waals surface area contributed by atoms with E-state index in [1.165, 1.54) is 51.4 Å². The topological polar surface area (TPSA) is 0 Å². The first-order chi connectivity index (χ1) is 9.42. The van der Waals surface area contributed by atoms with Crippen LogP contribution in [-0.4, -0.2) is 0 Å². The van der Waals surface area contributed by atoms with Gasteiger partial charge >= 0.3 is 0 Å². The lowest BCUT2D eigenvalue weighted by molar-refractivity contribution is -0.0537. The first-order valence-electron chi connectivity index (χ1n) is 8.74. The zero-order valence-corrected chi connectivity index (χ0v) is 14.2. The molecule has 0 heterocycles. The minimum atomic E-state index is 0.511. The minimum Gasteiger partial charge on any atom is -0.0996 e. The van der Waals surface area contributed by atoms with Gasteiger partial charge in [-0.2, -0.15) is 0 Å². The second-order valence-electron chi connectivity index (χ2n) is 8.11. The molecule has 2 fully saturated rings. The molecule has 2 aliphatic carbocycles. The van der Waals surface area contributed by atoms with E-state index >= 15 is 0 Å². The zero-order valence-electron chi connectivity index (χ0n) is 14.2. The van der Waals surface area contributed by atoms with Gasteiger partial charge in [0.15, 0.2) is 0 Å². The highest BCUT2D eigenvalue weighted by molar-refractivity contribution is 5.16. The van der Waals surface area contributed by atoms with Crippen molar-refractivity contribution < 1.29 is 0 Å². The lowest BCUT2D eigenvalue weighted by Gasteiger charge is -2.58. The van der Waals surface area contributed by atoms with Gasteiger partial charge in [0.1, 0.15) is 0 Å². The van der Waals surface area contributed by atoms with Crippen LogP contribution in [0.15, 0.2) is 24.3 Å². The van der Waals surface area contributed by atoms with Crippen molar-refractivity contribution >= 4 is 0 Å². The van der Waals surface area contributed by atoms with Gasteiger partial charge in [0.05, 0.1) is 0 Å². The fraction of sp³-hybridized carbons (Fsp3) is 0.800. The summed E-state index contributed by atoms with van der Waals surface area (Å²) in [5.74, 6) is 1.65. The molecular weight excluding hydrogens is 240 g/mol. The zero-order chi connectivity index (χ0) is 14.8. The molecule has 0 saturated heterocycles. The van der Waals surface area contributed by atoms with Crippen molar-refractivity contribution in [3.05, 3.63) is 24.3 Å². The molecule has 3 atom stereocenters. The summed E-state index contributed by atoms with van der Waals surface area (Å²) in [4.78, 5) is 0. The van der Waals surface area contributed by atoms with E-state index in [1.54, 1.807) is 5.57 Å². The lowest BCUT2D eigenvalue weighted by Crippen LogP contribution is -2.49. The molecule has 114 valence electrons. The molecule has 0 heteroatoms. The van der Waals surface area contributed by atoms with E-state index in [9.17, 15) is 0 Å². The summed E-state index contributed by atoms with van der Waals surface area (Å²) in [6, 6.07) is 0. The van der Waals surface area contributed by atoms with Crippen molar-refractivity contribution in [3.8, 4) is 0 Å². The Kier molecular flexibility index (Phi) is 4.82. The van der Waals surface area contributed by atoms with E-state index in [-0.39, 0.29) is 0 Å². The summed E-state index contributed by atoms with van der Waals surface area (Å²) >= 11 is 0. The summed E-state index contributed by atoms with van der Waals surface area (Å²) in [6.07, 6.45) is 15.3. The average Bonchev–Trinajstić information content (AvgIpc) is 2.36. The normalized spacial score (nSPS) is 37.1. The number of fused-ring (bicyclic) bond motifs is 1. The molecule has 0 aromatic heterocycles. The molecule has 2 saturated carbocycles. The predicted molar refractivity (Wildman–Crippen MR) is 89.8 cm³/mol. The highest BCUT2D eigenvalue weighted by Crippen LogP contribution is 2.61. The highest BCUT2D eigenvalue weighted by atomic mass is 14.6. The molecule has 0 aromatic carbocycles. The number of rotatable bonds is 4. The monoisotopic (exact) mass is 274 g/mol. The van der Waals surface area contributed by atoms with Gasteiger partial charge in [0.25, 0.3) is 0 Å². The fourth-order valence-electron chi connectivity index (χ4n) is 5.36. The number of hydrogen-bond donors (Lipinski definition) is 0. The molecule has 0 amide bonds. The Morgan fingerprint density at radius 3 is 2.65 bits per heavy atom. The van der Waals surface area contributed by atoms with Crippen LogP contribution in [0, 0.1) is 22.7 Å². The van der Waals surface area contributed by atoms with Gasteiger partial charge in [0, 0.05) is 0 Å². The maximum absolute atomic E-state index is 4.45. The Hall–Kier alpha value is -0.520. The van der Waals surface area contributed by atoms with E-state index in [4.69, 9.17) is 0 Å². The van der Waals surface area contributed by atoms with Crippen LogP contribution in [0.2, 0.25) is 0 Å². The van der Waals surface area contributed by atoms with Crippen LogP contribution in [0.4, 0.5) is 0 Å². The van der Waals surface area contributed by atoms with Gasteiger partial charge in [-0.15, -0.1) is 0 Å². The Bertz CT molecular complexity index is 373. The summed E-state index contributed by atoms with van der Waals surface area (Å²) in [6.45, 7) is 14.3. The smallest absolute Gasteiger partial charge is 0.0146 e. The Morgan fingerprint density at radius 1 is 1.20 bits per heavy atom. The second-order valence-corrected chi connectivity index (χ2v) is 8.11. The molecule has 2 aliphatic rings. The number of allylic oxidation sites excluding steroid dienone is 3. The van der Waals surface area contributed by atoms with Crippen molar-refractivity contribution in [2.24, 2.45) is 22.7 Å². The molecule has 0 spiro atoms. The van der Waals surface area contributed by atoms with Crippen LogP contribution in [-0.2, 0) is 0 Å². The van der Waals surface area contributed by atoms with E-state index in [1.807, 2.05) is 0 Å². The third-order valence-corrected chi connectivity index (χ3v) is 6.34. The van der Waals surface area contributed by atoms with Crippen molar-refractivity contribution in [3.63, 3.8) is 0 Å². The van der Waals surface area contributed by atoms with Gasteiger partial charge in [0.2, 0.25) is 0 Å². The maximum atomic E-state index is 4.45.